The molecule has 1 aliphatic carbocycles. The molecular formula is C18H21NO3S. The highest BCUT2D eigenvalue weighted by Crippen LogP contribution is 2.29. The third-order valence-electron chi connectivity index (χ3n) is 3.90. The number of amides is 1. The molecule has 0 unspecified atom stereocenters. The smallest absolute Gasteiger partial charge is 0.261 e. The molecule has 0 aliphatic heterocycles. The quantitative estimate of drug-likeness (QED) is 0.856. The number of para-hydroxylation sites is 1. The molecule has 0 saturated carbocycles. The van der Waals surface area contributed by atoms with E-state index in [1.54, 1.807) is 11.3 Å². The molecule has 0 saturated heterocycles. The number of hydrogen-bond donors (Lipinski definition) is 2. The molecule has 0 spiro atoms. The van der Waals surface area contributed by atoms with Gasteiger partial charge in [0.15, 0.2) is 0 Å². The Morgan fingerprint density at radius 2 is 2.04 bits per heavy atom. The number of benzene rings is 1. The van der Waals surface area contributed by atoms with Crippen molar-refractivity contribution in [2.24, 2.45) is 0 Å². The highest BCUT2D eigenvalue weighted by Gasteiger charge is 2.17. The molecule has 1 aliphatic rings. The lowest BCUT2D eigenvalue weighted by atomic mass is 9.99. The summed E-state index contributed by atoms with van der Waals surface area (Å²) in [6.45, 7) is 0.347. The van der Waals surface area contributed by atoms with Gasteiger partial charge in [-0.1, -0.05) is 18.2 Å². The maximum Gasteiger partial charge on any atom is 0.261 e. The number of carbonyl (C=O) groups excluding carboxylic acids is 1. The van der Waals surface area contributed by atoms with Crippen LogP contribution in [0.15, 0.2) is 36.4 Å². The van der Waals surface area contributed by atoms with Crippen molar-refractivity contribution in [2.75, 3.05) is 13.2 Å². The van der Waals surface area contributed by atoms with Crippen molar-refractivity contribution < 1.29 is 14.6 Å². The molecule has 5 heteroatoms. The zero-order chi connectivity index (χ0) is 16.1. The van der Waals surface area contributed by atoms with Crippen molar-refractivity contribution in [1.29, 1.82) is 0 Å². The molecule has 23 heavy (non-hydrogen) atoms. The van der Waals surface area contributed by atoms with Crippen LogP contribution in [0.25, 0.3) is 0 Å². The predicted octanol–water partition coefficient (Wildman–Crippen LogP) is 2.80. The monoisotopic (exact) mass is 331 g/mol. The largest absolute Gasteiger partial charge is 0.491 e. The van der Waals surface area contributed by atoms with Gasteiger partial charge in [0.1, 0.15) is 18.5 Å². The van der Waals surface area contributed by atoms with E-state index in [-0.39, 0.29) is 19.1 Å². The van der Waals surface area contributed by atoms with Gasteiger partial charge in [0, 0.05) is 11.4 Å². The van der Waals surface area contributed by atoms with Crippen molar-refractivity contribution in [1.82, 2.24) is 5.32 Å². The second kappa shape index (κ2) is 7.62. The van der Waals surface area contributed by atoms with Crippen LogP contribution < -0.4 is 10.1 Å². The first-order chi connectivity index (χ1) is 11.2. The second-order valence-electron chi connectivity index (χ2n) is 5.75. The fraction of sp³-hybridized carbons (Fsp3) is 0.389. The second-order valence-corrected chi connectivity index (χ2v) is 6.89. The minimum atomic E-state index is -0.728. The molecule has 2 aromatic rings. The molecule has 0 bridgehead atoms. The lowest BCUT2D eigenvalue weighted by Gasteiger charge is -2.12. The van der Waals surface area contributed by atoms with E-state index in [2.05, 4.69) is 5.32 Å². The van der Waals surface area contributed by atoms with Gasteiger partial charge in [0.05, 0.1) is 4.88 Å². The normalized spacial score (nSPS) is 14.8. The van der Waals surface area contributed by atoms with Gasteiger partial charge in [-0.05, 0) is 49.4 Å². The van der Waals surface area contributed by atoms with Crippen molar-refractivity contribution in [3.05, 3.63) is 51.7 Å². The number of hydrogen-bond acceptors (Lipinski definition) is 4. The average molecular weight is 331 g/mol. The van der Waals surface area contributed by atoms with E-state index in [0.717, 1.165) is 17.7 Å². The Bertz CT molecular complexity index is 630. The van der Waals surface area contributed by atoms with Crippen LogP contribution in [0.2, 0.25) is 0 Å². The number of ether oxygens (including phenoxy) is 1. The molecule has 1 amide bonds. The van der Waals surface area contributed by atoms with E-state index >= 15 is 0 Å². The Balaban J connectivity index is 1.45. The van der Waals surface area contributed by atoms with Crippen molar-refractivity contribution >= 4 is 17.2 Å². The summed E-state index contributed by atoms with van der Waals surface area (Å²) in [5.41, 5.74) is 1.32. The van der Waals surface area contributed by atoms with Crippen LogP contribution in [0.5, 0.6) is 5.75 Å². The topological polar surface area (TPSA) is 58.6 Å². The maximum atomic E-state index is 12.2. The average Bonchev–Trinajstić information content (AvgIpc) is 3.03. The van der Waals surface area contributed by atoms with Gasteiger partial charge in [-0.15, -0.1) is 11.3 Å². The van der Waals surface area contributed by atoms with E-state index < -0.39 is 6.10 Å². The van der Waals surface area contributed by atoms with Gasteiger partial charge in [0.25, 0.3) is 5.91 Å². The SMILES string of the molecule is O=C(NC[C@H](O)COc1ccccc1)c1cc2c(s1)CCCC2. The lowest BCUT2D eigenvalue weighted by molar-refractivity contribution is 0.0847. The summed E-state index contributed by atoms with van der Waals surface area (Å²) < 4.78 is 5.47. The Morgan fingerprint density at radius 3 is 2.83 bits per heavy atom. The van der Waals surface area contributed by atoms with Crippen molar-refractivity contribution in [3.63, 3.8) is 0 Å². The number of aliphatic hydroxyl groups is 1. The van der Waals surface area contributed by atoms with Crippen LogP contribution in [-0.4, -0.2) is 30.3 Å². The number of fused-ring (bicyclic) bond motifs is 1. The Morgan fingerprint density at radius 1 is 1.26 bits per heavy atom. The van der Waals surface area contributed by atoms with Crippen LogP contribution in [0.1, 0.15) is 33.0 Å². The van der Waals surface area contributed by atoms with E-state index in [4.69, 9.17) is 4.74 Å². The molecule has 1 aromatic heterocycles. The minimum absolute atomic E-state index is 0.108. The third kappa shape index (κ3) is 4.33. The van der Waals surface area contributed by atoms with Crippen LogP contribution in [0.3, 0.4) is 0 Å². The summed E-state index contributed by atoms with van der Waals surface area (Å²) in [5, 5.41) is 12.7. The minimum Gasteiger partial charge on any atom is -0.491 e. The van der Waals surface area contributed by atoms with Gasteiger partial charge in [-0.25, -0.2) is 0 Å². The predicted molar refractivity (Wildman–Crippen MR) is 91.2 cm³/mol. The van der Waals surface area contributed by atoms with Gasteiger partial charge in [0.2, 0.25) is 0 Å². The molecular weight excluding hydrogens is 310 g/mol. The first kappa shape index (κ1) is 16.0. The number of aliphatic hydroxyl groups excluding tert-OH is 1. The summed E-state index contributed by atoms with van der Waals surface area (Å²) in [6.07, 6.45) is 3.85. The van der Waals surface area contributed by atoms with Crippen LogP contribution in [-0.2, 0) is 12.8 Å². The van der Waals surface area contributed by atoms with Gasteiger partial charge in [-0.2, -0.15) is 0 Å². The highest BCUT2D eigenvalue weighted by atomic mass is 32.1. The summed E-state index contributed by atoms with van der Waals surface area (Å²) in [6, 6.07) is 11.3. The number of carbonyl (C=O) groups is 1. The van der Waals surface area contributed by atoms with Gasteiger partial charge < -0.3 is 15.2 Å². The fourth-order valence-corrected chi connectivity index (χ4v) is 3.84. The summed E-state index contributed by atoms with van der Waals surface area (Å²) in [4.78, 5) is 14.3. The summed E-state index contributed by atoms with van der Waals surface area (Å²) >= 11 is 1.58. The maximum absolute atomic E-state index is 12.2. The molecule has 1 heterocycles. The molecule has 4 nitrogen and oxygen atoms in total. The van der Waals surface area contributed by atoms with Gasteiger partial charge in [-0.3, -0.25) is 4.79 Å². The highest BCUT2D eigenvalue weighted by molar-refractivity contribution is 7.14. The molecule has 2 N–H and O–H groups in total. The number of rotatable bonds is 6. The summed E-state index contributed by atoms with van der Waals surface area (Å²) in [7, 11) is 0. The molecule has 0 fully saturated rings. The Labute approximate surface area is 140 Å². The van der Waals surface area contributed by atoms with Gasteiger partial charge >= 0.3 is 0 Å². The van der Waals surface area contributed by atoms with E-state index in [1.807, 2.05) is 36.4 Å². The zero-order valence-corrected chi connectivity index (χ0v) is 13.8. The molecule has 122 valence electrons. The molecule has 1 atom stereocenters. The van der Waals surface area contributed by atoms with Crippen LogP contribution in [0.4, 0.5) is 0 Å². The van der Waals surface area contributed by atoms with E-state index in [0.29, 0.717) is 5.75 Å². The Hall–Kier alpha value is -1.85. The van der Waals surface area contributed by atoms with E-state index in [9.17, 15) is 9.90 Å². The zero-order valence-electron chi connectivity index (χ0n) is 13.0. The lowest BCUT2D eigenvalue weighted by Crippen LogP contribution is -2.35. The Kier molecular flexibility index (Phi) is 5.31. The van der Waals surface area contributed by atoms with Crippen molar-refractivity contribution in [2.45, 2.75) is 31.8 Å². The first-order valence-electron chi connectivity index (χ1n) is 7.98. The summed E-state index contributed by atoms with van der Waals surface area (Å²) in [5.74, 6) is 0.604. The van der Waals surface area contributed by atoms with Crippen LogP contribution >= 0.6 is 11.3 Å². The van der Waals surface area contributed by atoms with Crippen LogP contribution in [0, 0.1) is 0 Å². The van der Waals surface area contributed by atoms with E-state index in [1.165, 1.54) is 23.3 Å². The molecule has 1 aromatic carbocycles. The molecule has 0 radical (unpaired) electrons. The van der Waals surface area contributed by atoms with Crippen molar-refractivity contribution in [3.8, 4) is 5.75 Å². The number of aryl methyl sites for hydroxylation is 2. The standard InChI is InChI=1S/C18H21NO3S/c20-14(12-22-15-7-2-1-3-8-15)11-19-18(21)17-10-13-6-4-5-9-16(13)23-17/h1-3,7-8,10,14,20H,4-6,9,11-12H2,(H,19,21)/t14-/m0/s1. The fourth-order valence-electron chi connectivity index (χ4n) is 2.67. The molecule has 3 rings (SSSR count). The number of nitrogens with one attached hydrogen (secondary N) is 1. The third-order valence-corrected chi connectivity index (χ3v) is 5.14. The first-order valence-corrected chi connectivity index (χ1v) is 8.80. The number of thiophene rings is 1.